The average Bonchev–Trinajstić information content (AvgIpc) is 3.04. The number of carbonyl (C=O) groups is 1. The summed E-state index contributed by atoms with van der Waals surface area (Å²) in [6.07, 6.45) is 0.341. The number of esters is 1. The number of carbonyl (C=O) groups excluding carboxylic acids is 1. The van der Waals surface area contributed by atoms with Gasteiger partial charge >= 0.3 is 5.97 Å². The Morgan fingerprint density at radius 1 is 1.25 bits per heavy atom. The molecule has 1 atom stereocenters. The first kappa shape index (κ1) is 18.0. The molecular formula is C18H24N2O4. The first-order valence-electron chi connectivity index (χ1n) is 8.05. The molecule has 0 spiro atoms. The van der Waals surface area contributed by atoms with Crippen molar-refractivity contribution < 1.29 is 18.8 Å². The summed E-state index contributed by atoms with van der Waals surface area (Å²) in [5, 5.41) is 3.92. The number of aromatic nitrogens is 2. The molecule has 0 amide bonds. The maximum atomic E-state index is 11.9. The highest BCUT2D eigenvalue weighted by atomic mass is 16.6. The molecule has 0 saturated carbocycles. The highest BCUT2D eigenvalue weighted by Crippen LogP contribution is 2.22. The van der Waals surface area contributed by atoms with Crippen molar-refractivity contribution in [1.29, 1.82) is 0 Å². The minimum absolute atomic E-state index is 0.171. The van der Waals surface area contributed by atoms with Crippen LogP contribution in [0.25, 0.3) is 0 Å². The fourth-order valence-electron chi connectivity index (χ4n) is 1.95. The van der Waals surface area contributed by atoms with Crippen molar-refractivity contribution in [3.05, 3.63) is 41.5 Å². The van der Waals surface area contributed by atoms with Crippen LogP contribution in [0, 0.1) is 0 Å². The van der Waals surface area contributed by atoms with Gasteiger partial charge in [-0.15, -0.1) is 0 Å². The quantitative estimate of drug-likeness (QED) is 0.752. The van der Waals surface area contributed by atoms with E-state index in [-0.39, 0.29) is 17.9 Å². The molecule has 1 heterocycles. The van der Waals surface area contributed by atoms with E-state index in [1.165, 1.54) is 5.56 Å². The summed E-state index contributed by atoms with van der Waals surface area (Å²) in [6, 6.07) is 7.61. The van der Waals surface area contributed by atoms with Gasteiger partial charge in [-0.2, -0.15) is 4.98 Å². The second-order valence-electron chi connectivity index (χ2n) is 6.62. The molecule has 0 aliphatic heterocycles. The van der Waals surface area contributed by atoms with Gasteiger partial charge in [0.2, 0.25) is 0 Å². The van der Waals surface area contributed by atoms with Crippen LogP contribution in [0.2, 0.25) is 0 Å². The molecule has 0 bridgehead atoms. The molecule has 0 aliphatic carbocycles. The summed E-state index contributed by atoms with van der Waals surface area (Å²) in [6.45, 7) is 9.54. The molecule has 1 aromatic carbocycles. The number of hydrogen-bond acceptors (Lipinski definition) is 6. The zero-order chi connectivity index (χ0) is 17.7. The van der Waals surface area contributed by atoms with Gasteiger partial charge in [0.15, 0.2) is 18.5 Å². The zero-order valence-electron chi connectivity index (χ0n) is 14.8. The number of aryl methyl sites for hydroxylation is 1. The molecule has 0 aliphatic rings. The SMILES string of the molecule is CCc1ccc(OCC(=O)OC(C)c2nc(C(C)(C)C)no2)cc1. The fourth-order valence-corrected chi connectivity index (χ4v) is 1.95. The van der Waals surface area contributed by atoms with E-state index in [4.69, 9.17) is 14.0 Å². The van der Waals surface area contributed by atoms with E-state index in [2.05, 4.69) is 17.1 Å². The molecule has 2 aromatic rings. The number of ether oxygens (including phenoxy) is 2. The van der Waals surface area contributed by atoms with Gasteiger partial charge in [-0.25, -0.2) is 4.79 Å². The van der Waals surface area contributed by atoms with Crippen molar-refractivity contribution in [2.75, 3.05) is 6.61 Å². The van der Waals surface area contributed by atoms with Gasteiger partial charge in [0, 0.05) is 5.41 Å². The van der Waals surface area contributed by atoms with Gasteiger partial charge in [0.25, 0.3) is 5.89 Å². The molecule has 1 aromatic heterocycles. The molecule has 6 heteroatoms. The Morgan fingerprint density at radius 2 is 1.92 bits per heavy atom. The predicted molar refractivity (Wildman–Crippen MR) is 88.8 cm³/mol. The number of hydrogen-bond donors (Lipinski definition) is 0. The van der Waals surface area contributed by atoms with E-state index in [0.29, 0.717) is 11.6 Å². The summed E-state index contributed by atoms with van der Waals surface area (Å²) in [5.41, 5.74) is 0.990. The molecule has 0 saturated heterocycles. The largest absolute Gasteiger partial charge is 0.482 e. The Balaban J connectivity index is 1.86. The van der Waals surface area contributed by atoms with Crippen LogP contribution in [0.5, 0.6) is 5.75 Å². The van der Waals surface area contributed by atoms with Crippen molar-refractivity contribution >= 4 is 5.97 Å². The van der Waals surface area contributed by atoms with Crippen LogP contribution >= 0.6 is 0 Å². The molecular weight excluding hydrogens is 308 g/mol. The fraction of sp³-hybridized carbons (Fsp3) is 0.500. The Bertz CT molecular complexity index is 671. The van der Waals surface area contributed by atoms with Crippen molar-refractivity contribution in [2.45, 2.75) is 52.6 Å². The molecule has 0 N–H and O–H groups in total. The molecule has 0 fully saturated rings. The molecule has 24 heavy (non-hydrogen) atoms. The summed E-state index contributed by atoms with van der Waals surface area (Å²) in [4.78, 5) is 16.2. The first-order chi connectivity index (χ1) is 11.3. The number of nitrogens with zero attached hydrogens (tertiary/aromatic N) is 2. The molecule has 6 nitrogen and oxygen atoms in total. The van der Waals surface area contributed by atoms with Crippen molar-refractivity contribution in [2.24, 2.45) is 0 Å². The third-order valence-corrected chi connectivity index (χ3v) is 3.46. The van der Waals surface area contributed by atoms with E-state index >= 15 is 0 Å². The Kier molecular flexibility index (Phi) is 5.59. The Hall–Kier alpha value is -2.37. The van der Waals surface area contributed by atoms with Gasteiger partial charge < -0.3 is 14.0 Å². The van der Waals surface area contributed by atoms with Gasteiger partial charge in [0.05, 0.1) is 0 Å². The molecule has 2 rings (SSSR count). The van der Waals surface area contributed by atoms with Crippen LogP contribution in [0.1, 0.15) is 58.0 Å². The van der Waals surface area contributed by atoms with Crippen molar-refractivity contribution in [3.63, 3.8) is 0 Å². The first-order valence-corrected chi connectivity index (χ1v) is 8.05. The monoisotopic (exact) mass is 332 g/mol. The van der Waals surface area contributed by atoms with Gasteiger partial charge in [-0.1, -0.05) is 45.0 Å². The third-order valence-electron chi connectivity index (χ3n) is 3.46. The van der Waals surface area contributed by atoms with Crippen molar-refractivity contribution in [3.8, 4) is 5.75 Å². The van der Waals surface area contributed by atoms with Gasteiger partial charge in [-0.3, -0.25) is 0 Å². The van der Waals surface area contributed by atoms with E-state index in [1.807, 2.05) is 45.0 Å². The van der Waals surface area contributed by atoms with Crippen LogP contribution in [-0.4, -0.2) is 22.7 Å². The average molecular weight is 332 g/mol. The lowest BCUT2D eigenvalue weighted by Gasteiger charge is -2.12. The second-order valence-corrected chi connectivity index (χ2v) is 6.62. The lowest BCUT2D eigenvalue weighted by Crippen LogP contribution is -2.17. The Labute approximate surface area is 142 Å². The lowest BCUT2D eigenvalue weighted by molar-refractivity contribution is -0.152. The Morgan fingerprint density at radius 3 is 2.46 bits per heavy atom. The molecule has 0 radical (unpaired) electrons. The third kappa shape index (κ3) is 4.81. The van der Waals surface area contributed by atoms with Gasteiger partial charge in [0.1, 0.15) is 5.75 Å². The summed E-state index contributed by atoms with van der Waals surface area (Å²) in [7, 11) is 0. The predicted octanol–water partition coefficient (Wildman–Crippen LogP) is 3.61. The maximum Gasteiger partial charge on any atom is 0.344 e. The minimum atomic E-state index is -0.618. The molecule has 1 unspecified atom stereocenters. The summed E-state index contributed by atoms with van der Waals surface area (Å²) < 4.78 is 15.9. The number of rotatable bonds is 6. The van der Waals surface area contributed by atoms with E-state index in [9.17, 15) is 4.79 Å². The van der Waals surface area contributed by atoms with Crippen LogP contribution in [0.15, 0.2) is 28.8 Å². The van der Waals surface area contributed by atoms with Crippen LogP contribution in [0.4, 0.5) is 0 Å². The van der Waals surface area contributed by atoms with E-state index in [0.717, 1.165) is 6.42 Å². The van der Waals surface area contributed by atoms with E-state index in [1.54, 1.807) is 6.92 Å². The molecule has 130 valence electrons. The van der Waals surface area contributed by atoms with Crippen molar-refractivity contribution in [1.82, 2.24) is 10.1 Å². The summed E-state index contributed by atoms with van der Waals surface area (Å²) in [5.74, 6) is 0.996. The zero-order valence-corrected chi connectivity index (χ0v) is 14.8. The van der Waals surface area contributed by atoms with Gasteiger partial charge in [-0.05, 0) is 31.0 Å². The highest BCUT2D eigenvalue weighted by Gasteiger charge is 2.24. The second kappa shape index (κ2) is 7.47. The standard InChI is InChI=1S/C18H24N2O4/c1-6-13-7-9-14(10-8-13)22-11-15(21)23-12(2)16-19-17(20-24-16)18(3,4)5/h7-10,12H,6,11H2,1-5H3. The van der Waals surface area contributed by atoms with Crippen LogP contribution < -0.4 is 4.74 Å². The topological polar surface area (TPSA) is 74.5 Å². The van der Waals surface area contributed by atoms with E-state index < -0.39 is 12.1 Å². The smallest absolute Gasteiger partial charge is 0.344 e. The summed E-state index contributed by atoms with van der Waals surface area (Å²) >= 11 is 0. The minimum Gasteiger partial charge on any atom is -0.482 e. The highest BCUT2D eigenvalue weighted by molar-refractivity contribution is 5.71. The maximum absolute atomic E-state index is 11.9. The van der Waals surface area contributed by atoms with Crippen LogP contribution in [-0.2, 0) is 21.4 Å². The lowest BCUT2D eigenvalue weighted by atomic mass is 9.96. The normalized spacial score (nSPS) is 12.7. The van der Waals surface area contributed by atoms with Crippen LogP contribution in [0.3, 0.4) is 0 Å². The number of benzene rings is 1.